The number of hydrogen-bond acceptors (Lipinski definition) is 8. The normalized spacial score (nSPS) is 14.2. The van der Waals surface area contributed by atoms with Gasteiger partial charge in [0, 0.05) is 24.2 Å². The van der Waals surface area contributed by atoms with Crippen LogP contribution < -0.4 is 16.0 Å². The van der Waals surface area contributed by atoms with Gasteiger partial charge >= 0.3 is 6.09 Å². The molecular formula is C27H29N5O5. The molecule has 10 nitrogen and oxygen atoms in total. The monoisotopic (exact) mass is 503 g/mol. The van der Waals surface area contributed by atoms with E-state index in [4.69, 9.17) is 4.42 Å². The Hall–Kier alpha value is -4.15. The third-order valence-electron chi connectivity index (χ3n) is 6.67. The van der Waals surface area contributed by atoms with Crippen molar-refractivity contribution < 1.29 is 24.5 Å². The van der Waals surface area contributed by atoms with Crippen molar-refractivity contribution in [3.63, 3.8) is 0 Å². The summed E-state index contributed by atoms with van der Waals surface area (Å²) in [6.07, 6.45) is 1.47. The van der Waals surface area contributed by atoms with E-state index in [1.165, 1.54) is 0 Å². The molecule has 6 N–H and O–H groups in total. The Morgan fingerprint density at radius 3 is 2.24 bits per heavy atom. The highest BCUT2D eigenvalue weighted by atomic mass is 16.4. The Bertz CT molecular complexity index is 1380. The number of anilines is 2. The van der Waals surface area contributed by atoms with Crippen LogP contribution in [-0.2, 0) is 5.54 Å². The van der Waals surface area contributed by atoms with E-state index in [9.17, 15) is 20.1 Å². The van der Waals surface area contributed by atoms with E-state index < -0.39 is 11.6 Å². The maximum absolute atomic E-state index is 11.4. The van der Waals surface area contributed by atoms with Crippen LogP contribution >= 0.6 is 0 Å². The van der Waals surface area contributed by atoms with Crippen LogP contribution in [0.3, 0.4) is 0 Å². The number of furan rings is 1. The number of aliphatic hydroxyl groups is 2. The molecule has 10 heteroatoms. The van der Waals surface area contributed by atoms with Crippen molar-refractivity contribution in [2.24, 2.45) is 0 Å². The summed E-state index contributed by atoms with van der Waals surface area (Å²) in [5.41, 5.74) is 3.25. The largest absolute Gasteiger partial charge is 0.465 e. The highest BCUT2D eigenvalue weighted by Gasteiger charge is 2.40. The first-order chi connectivity index (χ1) is 18.0. The van der Waals surface area contributed by atoms with E-state index in [0.717, 1.165) is 41.5 Å². The Labute approximate surface area is 213 Å². The summed E-state index contributed by atoms with van der Waals surface area (Å²) < 4.78 is 6.35. The summed E-state index contributed by atoms with van der Waals surface area (Å²) in [5.74, 6) is 1.40. The fraction of sp³-hybridized carbons (Fsp3) is 0.296. The topological polar surface area (TPSA) is 153 Å². The molecule has 0 saturated heterocycles. The SMILES string of the molecule is O=C(O)NC1(c2ccc(-c3oc4nc(NCCO)nc(NCCO)c4c3-c3ccccc3)cc2)CCC1. The number of amides is 1. The second-order valence-corrected chi connectivity index (χ2v) is 8.99. The summed E-state index contributed by atoms with van der Waals surface area (Å²) in [6.45, 7) is 0.402. The van der Waals surface area contributed by atoms with Gasteiger partial charge in [0.05, 0.1) is 24.1 Å². The number of carboxylic acid groups (broad SMARTS) is 1. The zero-order valence-electron chi connectivity index (χ0n) is 20.2. The van der Waals surface area contributed by atoms with Gasteiger partial charge in [-0.15, -0.1) is 0 Å². The van der Waals surface area contributed by atoms with Gasteiger partial charge in [-0.25, -0.2) is 4.79 Å². The molecule has 0 aliphatic heterocycles. The first-order valence-corrected chi connectivity index (χ1v) is 12.3. The first kappa shape index (κ1) is 24.5. The molecule has 2 aromatic carbocycles. The third-order valence-corrected chi connectivity index (χ3v) is 6.67. The maximum atomic E-state index is 11.4. The summed E-state index contributed by atoms with van der Waals surface area (Å²) >= 11 is 0. The van der Waals surface area contributed by atoms with E-state index in [1.807, 2.05) is 54.6 Å². The Morgan fingerprint density at radius 1 is 0.919 bits per heavy atom. The number of carbonyl (C=O) groups is 1. The fourth-order valence-corrected chi connectivity index (χ4v) is 4.79. The lowest BCUT2D eigenvalue weighted by molar-refractivity contribution is 0.144. The summed E-state index contributed by atoms with van der Waals surface area (Å²) in [7, 11) is 0. The van der Waals surface area contributed by atoms with Gasteiger partial charge in [-0.3, -0.25) is 0 Å². The lowest BCUT2D eigenvalue weighted by atomic mass is 9.72. The second kappa shape index (κ2) is 10.5. The van der Waals surface area contributed by atoms with Crippen LogP contribution in [0.15, 0.2) is 59.0 Å². The summed E-state index contributed by atoms with van der Waals surface area (Å²) in [6, 6.07) is 17.5. The van der Waals surface area contributed by atoms with Crippen LogP contribution in [0.1, 0.15) is 24.8 Å². The lowest BCUT2D eigenvalue weighted by Crippen LogP contribution is -2.50. The molecule has 37 heavy (non-hydrogen) atoms. The van der Waals surface area contributed by atoms with Gasteiger partial charge in [0.15, 0.2) is 0 Å². The molecule has 0 spiro atoms. The minimum Gasteiger partial charge on any atom is -0.465 e. The molecule has 1 aliphatic rings. The predicted octanol–water partition coefficient (Wildman–Crippen LogP) is 4.01. The molecule has 5 rings (SSSR count). The highest BCUT2D eigenvalue weighted by molar-refractivity contribution is 6.06. The number of benzene rings is 2. The Kier molecular flexibility index (Phi) is 6.93. The molecule has 1 aliphatic carbocycles. The quantitative estimate of drug-likeness (QED) is 0.188. The first-order valence-electron chi connectivity index (χ1n) is 12.3. The fourth-order valence-electron chi connectivity index (χ4n) is 4.79. The second-order valence-electron chi connectivity index (χ2n) is 8.99. The van der Waals surface area contributed by atoms with Crippen molar-refractivity contribution in [2.45, 2.75) is 24.8 Å². The van der Waals surface area contributed by atoms with Crippen LogP contribution in [0.25, 0.3) is 33.6 Å². The van der Waals surface area contributed by atoms with Gasteiger partial charge in [-0.2, -0.15) is 9.97 Å². The van der Waals surface area contributed by atoms with Crippen molar-refractivity contribution in [1.29, 1.82) is 0 Å². The zero-order valence-corrected chi connectivity index (χ0v) is 20.2. The van der Waals surface area contributed by atoms with Crippen molar-refractivity contribution in [3.05, 3.63) is 60.2 Å². The average Bonchev–Trinajstić information content (AvgIpc) is 3.28. The minimum atomic E-state index is -1.03. The number of aliphatic hydroxyl groups excluding tert-OH is 2. The molecule has 4 aromatic rings. The molecule has 192 valence electrons. The lowest BCUT2D eigenvalue weighted by Gasteiger charge is -2.42. The molecule has 2 heterocycles. The van der Waals surface area contributed by atoms with Gasteiger partial charge in [-0.05, 0) is 30.4 Å². The minimum absolute atomic E-state index is 0.0793. The predicted molar refractivity (Wildman–Crippen MR) is 141 cm³/mol. The molecule has 1 fully saturated rings. The van der Waals surface area contributed by atoms with Gasteiger partial charge in [0.1, 0.15) is 11.6 Å². The van der Waals surface area contributed by atoms with Gasteiger partial charge in [0.2, 0.25) is 11.7 Å². The third kappa shape index (κ3) is 4.81. The number of aromatic nitrogens is 2. The van der Waals surface area contributed by atoms with Gasteiger partial charge in [0.25, 0.3) is 0 Å². The van der Waals surface area contributed by atoms with E-state index in [1.54, 1.807) is 0 Å². The number of hydrogen-bond donors (Lipinski definition) is 6. The number of rotatable bonds is 10. The highest BCUT2D eigenvalue weighted by Crippen LogP contribution is 2.45. The summed E-state index contributed by atoms with van der Waals surface area (Å²) in [4.78, 5) is 20.5. The van der Waals surface area contributed by atoms with E-state index in [-0.39, 0.29) is 26.3 Å². The average molecular weight is 504 g/mol. The van der Waals surface area contributed by atoms with E-state index in [2.05, 4.69) is 25.9 Å². The Morgan fingerprint density at radius 2 is 1.62 bits per heavy atom. The molecule has 0 radical (unpaired) electrons. The van der Waals surface area contributed by atoms with Crippen molar-refractivity contribution in [2.75, 3.05) is 36.9 Å². The van der Waals surface area contributed by atoms with Crippen molar-refractivity contribution in [1.82, 2.24) is 15.3 Å². The number of nitrogens with zero attached hydrogens (tertiary/aromatic N) is 2. The Balaban J connectivity index is 1.65. The smallest absolute Gasteiger partial charge is 0.405 e. The van der Waals surface area contributed by atoms with Crippen LogP contribution in [0, 0.1) is 0 Å². The van der Waals surface area contributed by atoms with E-state index >= 15 is 0 Å². The number of nitrogens with one attached hydrogen (secondary N) is 3. The van der Waals surface area contributed by atoms with Crippen LogP contribution in [0.2, 0.25) is 0 Å². The molecule has 1 saturated carbocycles. The van der Waals surface area contributed by atoms with Crippen molar-refractivity contribution in [3.8, 4) is 22.5 Å². The molecule has 0 bridgehead atoms. The molecule has 1 amide bonds. The molecule has 0 atom stereocenters. The van der Waals surface area contributed by atoms with Gasteiger partial charge < -0.3 is 35.7 Å². The number of fused-ring (bicyclic) bond motifs is 1. The summed E-state index contributed by atoms with van der Waals surface area (Å²) in [5, 5.41) is 37.5. The van der Waals surface area contributed by atoms with Crippen LogP contribution in [-0.4, -0.2) is 57.7 Å². The standard InChI is InChI=1S/C27H29N5O5/c33-15-13-28-23-21-20(17-5-2-1-3-6-17)22(37-24(21)31-25(30-23)29-14-16-34)18-7-9-19(10-8-18)27(11-4-12-27)32-26(35)36/h1-3,5-10,32-34H,4,11-16H2,(H,35,36)(H2,28,29,30,31). The van der Waals surface area contributed by atoms with E-state index in [0.29, 0.717) is 28.6 Å². The van der Waals surface area contributed by atoms with Crippen LogP contribution in [0.5, 0.6) is 0 Å². The maximum Gasteiger partial charge on any atom is 0.405 e. The molecular weight excluding hydrogens is 474 g/mol. The molecule has 0 unspecified atom stereocenters. The van der Waals surface area contributed by atoms with Crippen LogP contribution in [0.4, 0.5) is 16.6 Å². The molecule has 2 aromatic heterocycles. The zero-order chi connectivity index (χ0) is 25.8. The van der Waals surface area contributed by atoms with Crippen molar-refractivity contribution >= 4 is 29.0 Å². The van der Waals surface area contributed by atoms with Gasteiger partial charge in [-0.1, -0.05) is 54.6 Å².